The van der Waals surface area contributed by atoms with Crippen LogP contribution < -0.4 is 4.74 Å². The highest BCUT2D eigenvalue weighted by Gasteiger charge is 2.22. The van der Waals surface area contributed by atoms with Crippen molar-refractivity contribution < 1.29 is 9.53 Å². The summed E-state index contributed by atoms with van der Waals surface area (Å²) in [4.78, 5) is 12.4. The Balaban J connectivity index is 2.64. The minimum absolute atomic E-state index is 0.0618. The lowest BCUT2D eigenvalue weighted by atomic mass is 9.97. The SMILES string of the molecule is COc1ccc2c(C(=O)C(C)C)nn(CC(C)(C)C)c2c1. The van der Waals surface area contributed by atoms with Crippen LogP contribution in [0.1, 0.15) is 45.1 Å². The number of aromatic nitrogens is 2. The molecule has 0 unspecified atom stereocenters. The van der Waals surface area contributed by atoms with Gasteiger partial charge >= 0.3 is 0 Å². The quantitative estimate of drug-likeness (QED) is 0.801. The maximum absolute atomic E-state index is 12.4. The smallest absolute Gasteiger partial charge is 0.186 e. The first kappa shape index (κ1) is 15.5. The fraction of sp³-hybridized carbons (Fsp3) is 0.529. The zero-order chi connectivity index (χ0) is 15.8. The number of methoxy groups -OCH3 is 1. The maximum atomic E-state index is 12.4. The number of benzene rings is 1. The third-order valence-corrected chi connectivity index (χ3v) is 3.34. The number of Topliss-reactive ketones (excluding diaryl/α,β-unsaturated/α-hetero) is 1. The molecule has 1 aromatic carbocycles. The first-order chi connectivity index (χ1) is 9.73. The van der Waals surface area contributed by atoms with Gasteiger partial charge in [0, 0.05) is 23.9 Å². The van der Waals surface area contributed by atoms with Crippen LogP contribution in [0.2, 0.25) is 0 Å². The van der Waals surface area contributed by atoms with E-state index in [2.05, 4.69) is 25.9 Å². The first-order valence-electron chi connectivity index (χ1n) is 7.31. The Bertz CT molecular complexity index is 663. The van der Waals surface area contributed by atoms with E-state index in [1.54, 1.807) is 7.11 Å². The predicted octanol–water partition coefficient (Wildman–Crippen LogP) is 3.93. The molecule has 0 N–H and O–H groups in total. The molecule has 4 nitrogen and oxygen atoms in total. The van der Waals surface area contributed by atoms with Crippen LogP contribution in [0, 0.1) is 11.3 Å². The monoisotopic (exact) mass is 288 g/mol. The molecule has 4 heteroatoms. The average molecular weight is 288 g/mol. The summed E-state index contributed by atoms with van der Waals surface area (Å²) >= 11 is 0. The van der Waals surface area contributed by atoms with Gasteiger partial charge in [-0.05, 0) is 17.5 Å². The number of carbonyl (C=O) groups is 1. The zero-order valence-electron chi connectivity index (χ0n) is 13.7. The molecule has 0 aliphatic rings. The summed E-state index contributed by atoms with van der Waals surface area (Å²) in [7, 11) is 1.64. The van der Waals surface area contributed by atoms with E-state index >= 15 is 0 Å². The van der Waals surface area contributed by atoms with Gasteiger partial charge < -0.3 is 4.74 Å². The minimum Gasteiger partial charge on any atom is -0.497 e. The van der Waals surface area contributed by atoms with E-state index in [-0.39, 0.29) is 17.1 Å². The summed E-state index contributed by atoms with van der Waals surface area (Å²) in [5, 5.41) is 5.48. The lowest BCUT2D eigenvalue weighted by Crippen LogP contribution is -2.17. The van der Waals surface area contributed by atoms with Gasteiger partial charge in [-0.2, -0.15) is 5.10 Å². The van der Waals surface area contributed by atoms with E-state index in [9.17, 15) is 4.79 Å². The number of fused-ring (bicyclic) bond motifs is 1. The van der Waals surface area contributed by atoms with Gasteiger partial charge in [-0.3, -0.25) is 9.48 Å². The largest absolute Gasteiger partial charge is 0.497 e. The second-order valence-corrected chi connectivity index (χ2v) is 6.97. The number of nitrogens with zero attached hydrogens (tertiary/aromatic N) is 2. The number of hydrogen-bond acceptors (Lipinski definition) is 3. The number of carbonyl (C=O) groups excluding carboxylic acids is 1. The van der Waals surface area contributed by atoms with Crippen LogP contribution >= 0.6 is 0 Å². The van der Waals surface area contributed by atoms with Crippen LogP contribution in [-0.4, -0.2) is 22.7 Å². The highest BCUT2D eigenvalue weighted by Crippen LogP contribution is 2.28. The van der Waals surface area contributed by atoms with E-state index in [4.69, 9.17) is 4.74 Å². The molecule has 0 atom stereocenters. The fourth-order valence-corrected chi connectivity index (χ4v) is 2.31. The highest BCUT2D eigenvalue weighted by atomic mass is 16.5. The second-order valence-electron chi connectivity index (χ2n) is 6.97. The third kappa shape index (κ3) is 3.26. The summed E-state index contributed by atoms with van der Waals surface area (Å²) in [5.74, 6) is 0.798. The van der Waals surface area contributed by atoms with Crippen LogP contribution in [0.3, 0.4) is 0 Å². The molecular weight excluding hydrogens is 264 g/mol. The number of ether oxygens (including phenoxy) is 1. The standard InChI is InChI=1S/C17H24N2O2/c1-11(2)16(20)15-13-8-7-12(21-6)9-14(13)19(18-15)10-17(3,4)5/h7-9,11H,10H2,1-6H3. The van der Waals surface area contributed by atoms with Gasteiger partial charge in [-0.1, -0.05) is 34.6 Å². The van der Waals surface area contributed by atoms with Crippen LogP contribution in [0.4, 0.5) is 0 Å². The van der Waals surface area contributed by atoms with Crippen molar-refractivity contribution in [2.75, 3.05) is 7.11 Å². The van der Waals surface area contributed by atoms with Gasteiger partial charge in [0.25, 0.3) is 0 Å². The second kappa shape index (κ2) is 5.51. The maximum Gasteiger partial charge on any atom is 0.186 e. The average Bonchev–Trinajstić information content (AvgIpc) is 2.73. The van der Waals surface area contributed by atoms with Crippen molar-refractivity contribution in [1.29, 1.82) is 0 Å². The molecule has 0 aliphatic carbocycles. The molecule has 0 radical (unpaired) electrons. The van der Waals surface area contributed by atoms with Gasteiger partial charge in [0.05, 0.1) is 12.6 Å². The van der Waals surface area contributed by atoms with Crippen molar-refractivity contribution in [3.8, 4) is 5.75 Å². The Morgan fingerprint density at radius 3 is 2.52 bits per heavy atom. The van der Waals surface area contributed by atoms with Crippen molar-refractivity contribution >= 4 is 16.7 Å². The summed E-state index contributed by atoms with van der Waals surface area (Å²) in [5.41, 5.74) is 1.60. The Hall–Kier alpha value is -1.84. The van der Waals surface area contributed by atoms with Gasteiger partial charge in [0.1, 0.15) is 11.4 Å². The van der Waals surface area contributed by atoms with Gasteiger partial charge in [-0.15, -0.1) is 0 Å². The minimum atomic E-state index is -0.0618. The lowest BCUT2D eigenvalue weighted by Gasteiger charge is -2.18. The number of rotatable bonds is 4. The van der Waals surface area contributed by atoms with E-state index in [0.29, 0.717) is 5.69 Å². The fourth-order valence-electron chi connectivity index (χ4n) is 2.31. The predicted molar refractivity (Wildman–Crippen MR) is 84.9 cm³/mol. The van der Waals surface area contributed by atoms with Gasteiger partial charge in [0.15, 0.2) is 5.78 Å². The van der Waals surface area contributed by atoms with Crippen LogP contribution in [0.25, 0.3) is 10.9 Å². The van der Waals surface area contributed by atoms with Crippen LogP contribution in [0.5, 0.6) is 5.75 Å². The van der Waals surface area contributed by atoms with Crippen molar-refractivity contribution in [3.63, 3.8) is 0 Å². The van der Waals surface area contributed by atoms with E-state index < -0.39 is 0 Å². The Morgan fingerprint density at radius 1 is 1.33 bits per heavy atom. The van der Waals surface area contributed by atoms with Crippen molar-refractivity contribution in [1.82, 2.24) is 9.78 Å². The highest BCUT2D eigenvalue weighted by molar-refractivity contribution is 6.07. The zero-order valence-corrected chi connectivity index (χ0v) is 13.7. The lowest BCUT2D eigenvalue weighted by molar-refractivity contribution is 0.0934. The molecule has 1 heterocycles. The number of hydrogen-bond donors (Lipinski definition) is 0. The van der Waals surface area contributed by atoms with E-state index in [1.807, 2.05) is 36.7 Å². The third-order valence-electron chi connectivity index (χ3n) is 3.34. The molecule has 0 spiro atoms. The Kier molecular flexibility index (Phi) is 4.08. The molecule has 2 rings (SSSR count). The molecule has 21 heavy (non-hydrogen) atoms. The van der Waals surface area contributed by atoms with Crippen LogP contribution in [0.15, 0.2) is 18.2 Å². The molecule has 1 aromatic heterocycles. The Labute approximate surface area is 126 Å². The molecule has 0 saturated carbocycles. The van der Waals surface area contributed by atoms with Crippen molar-refractivity contribution in [3.05, 3.63) is 23.9 Å². The van der Waals surface area contributed by atoms with Crippen molar-refractivity contribution in [2.24, 2.45) is 11.3 Å². The Morgan fingerprint density at radius 2 is 2.00 bits per heavy atom. The molecule has 0 fully saturated rings. The molecule has 0 aliphatic heterocycles. The normalized spacial score (nSPS) is 12.1. The molecule has 2 aromatic rings. The topological polar surface area (TPSA) is 44.1 Å². The molecule has 0 saturated heterocycles. The number of ketones is 1. The molecular formula is C17H24N2O2. The summed E-state index contributed by atoms with van der Waals surface area (Å²) in [6.07, 6.45) is 0. The molecule has 114 valence electrons. The van der Waals surface area contributed by atoms with Crippen molar-refractivity contribution in [2.45, 2.75) is 41.2 Å². The molecule has 0 amide bonds. The van der Waals surface area contributed by atoms with Gasteiger partial charge in [-0.25, -0.2) is 0 Å². The summed E-state index contributed by atoms with van der Waals surface area (Å²) in [6.45, 7) is 11.0. The first-order valence-corrected chi connectivity index (χ1v) is 7.31. The summed E-state index contributed by atoms with van der Waals surface area (Å²) < 4.78 is 7.22. The van der Waals surface area contributed by atoms with E-state index in [1.165, 1.54) is 0 Å². The molecule has 0 bridgehead atoms. The summed E-state index contributed by atoms with van der Waals surface area (Å²) in [6, 6.07) is 5.75. The van der Waals surface area contributed by atoms with Gasteiger partial charge in [0.2, 0.25) is 0 Å². The van der Waals surface area contributed by atoms with Crippen LogP contribution in [-0.2, 0) is 6.54 Å². The van der Waals surface area contributed by atoms with E-state index in [0.717, 1.165) is 23.2 Å².